The number of halogens is 2. The van der Waals surface area contributed by atoms with Crippen molar-refractivity contribution in [2.75, 3.05) is 50.8 Å². The molecule has 0 amide bonds. The van der Waals surface area contributed by atoms with Crippen LogP contribution in [0.5, 0.6) is 11.5 Å². The average Bonchev–Trinajstić information content (AvgIpc) is 3.52. The molecule has 2 aromatic carbocycles. The molecule has 0 spiro atoms. The fourth-order valence-electron chi connectivity index (χ4n) is 5.10. The first kappa shape index (κ1) is 23.2. The van der Waals surface area contributed by atoms with Crippen molar-refractivity contribution < 1.29 is 19.0 Å². The van der Waals surface area contributed by atoms with E-state index in [1.165, 1.54) is 6.07 Å². The Labute approximate surface area is 204 Å². The summed E-state index contributed by atoms with van der Waals surface area (Å²) >= 11 is 6.01. The predicted octanol–water partition coefficient (Wildman–Crippen LogP) is 3.54. The third kappa shape index (κ3) is 5.41. The zero-order valence-corrected chi connectivity index (χ0v) is 20.0. The van der Waals surface area contributed by atoms with Crippen LogP contribution in [-0.4, -0.2) is 62.8 Å². The minimum absolute atomic E-state index is 0.0568. The lowest BCUT2D eigenvalue weighted by atomic mass is 10.0. The highest BCUT2D eigenvalue weighted by molar-refractivity contribution is 6.30. The van der Waals surface area contributed by atoms with Gasteiger partial charge in [-0.25, -0.2) is 4.39 Å². The van der Waals surface area contributed by atoms with Gasteiger partial charge in [0.05, 0.1) is 6.04 Å². The van der Waals surface area contributed by atoms with Crippen molar-refractivity contribution in [3.8, 4) is 11.5 Å². The summed E-state index contributed by atoms with van der Waals surface area (Å²) < 4.78 is 25.6. The lowest BCUT2D eigenvalue weighted by Crippen LogP contribution is -2.36. The third-order valence-electron chi connectivity index (χ3n) is 6.83. The van der Waals surface area contributed by atoms with Crippen LogP contribution >= 0.6 is 11.6 Å². The summed E-state index contributed by atoms with van der Waals surface area (Å²) in [5.41, 5.74) is 1.84. The monoisotopic (exact) mass is 486 g/mol. The van der Waals surface area contributed by atoms with E-state index in [0.717, 1.165) is 50.1 Å². The van der Waals surface area contributed by atoms with Gasteiger partial charge in [-0.15, -0.1) is 0 Å². The van der Waals surface area contributed by atoms with Gasteiger partial charge in [0, 0.05) is 36.3 Å². The first-order valence-electron chi connectivity index (χ1n) is 12.1. The Morgan fingerprint density at radius 1 is 1.12 bits per heavy atom. The Morgan fingerprint density at radius 3 is 2.68 bits per heavy atom. The molecular formula is C26H30ClFN3O3-. The standard InChI is InChI=1S/C26H31ClFN3O3/c27-20-3-5-22(6-4-20)31-10-7-19(16-31)26(32)29-21(17-30-8-1-2-9-30)13-18-14-23(28)25-24(15-18)33-11-12-34-25/h3-6,14-15,19,21H,1-2,7-13,16-17H2,(H,29,32)/p-1/t19-,21?/m1/s1. The van der Waals surface area contributed by atoms with E-state index in [-0.39, 0.29) is 23.6 Å². The van der Waals surface area contributed by atoms with E-state index in [4.69, 9.17) is 21.1 Å². The normalized spacial score (nSPS) is 21.8. The molecule has 0 saturated carbocycles. The van der Waals surface area contributed by atoms with Crippen LogP contribution in [0.4, 0.5) is 10.1 Å². The molecule has 2 fully saturated rings. The number of hydrogen-bond acceptors (Lipinski definition) is 6. The number of anilines is 1. The number of likely N-dealkylation sites (tertiary alicyclic amines) is 1. The van der Waals surface area contributed by atoms with Crippen LogP contribution in [0.2, 0.25) is 5.02 Å². The molecular weight excluding hydrogens is 457 g/mol. The largest absolute Gasteiger partial charge is 0.862 e. The molecule has 2 saturated heterocycles. The molecule has 0 aliphatic carbocycles. The van der Waals surface area contributed by atoms with Gasteiger partial charge in [0.2, 0.25) is 0 Å². The minimum Gasteiger partial charge on any atom is -0.862 e. The Balaban J connectivity index is 1.31. The van der Waals surface area contributed by atoms with Crippen molar-refractivity contribution in [2.45, 2.75) is 31.7 Å². The number of rotatable bonds is 7. The summed E-state index contributed by atoms with van der Waals surface area (Å²) in [6.45, 7) is 4.96. The molecule has 0 aromatic heterocycles. The van der Waals surface area contributed by atoms with E-state index in [1.54, 1.807) is 0 Å². The van der Waals surface area contributed by atoms with Crippen molar-refractivity contribution in [1.29, 1.82) is 0 Å². The van der Waals surface area contributed by atoms with Gasteiger partial charge in [0.15, 0.2) is 17.3 Å². The molecule has 3 heterocycles. The highest BCUT2D eigenvalue weighted by atomic mass is 35.5. The van der Waals surface area contributed by atoms with E-state index in [2.05, 4.69) is 14.8 Å². The van der Waals surface area contributed by atoms with Crippen molar-refractivity contribution in [3.05, 3.63) is 52.8 Å². The number of hydrogen-bond donors (Lipinski definition) is 0. The highest BCUT2D eigenvalue weighted by Crippen LogP contribution is 2.34. The predicted molar refractivity (Wildman–Crippen MR) is 130 cm³/mol. The van der Waals surface area contributed by atoms with Crippen molar-refractivity contribution >= 4 is 23.2 Å². The van der Waals surface area contributed by atoms with Crippen LogP contribution in [0.3, 0.4) is 0 Å². The number of aliphatic imine (C=N–C) groups is 1. The maximum Gasteiger partial charge on any atom is 0.197 e. The van der Waals surface area contributed by atoms with Crippen molar-refractivity contribution in [3.63, 3.8) is 0 Å². The molecule has 3 aliphatic heterocycles. The molecule has 8 heteroatoms. The maximum absolute atomic E-state index is 14.6. The average molecular weight is 487 g/mol. The van der Waals surface area contributed by atoms with Gasteiger partial charge >= 0.3 is 0 Å². The first-order valence-corrected chi connectivity index (χ1v) is 12.5. The Kier molecular flexibility index (Phi) is 7.11. The Bertz CT molecular complexity index is 1030. The molecule has 3 aliphatic rings. The number of ether oxygens (including phenoxy) is 2. The smallest absolute Gasteiger partial charge is 0.197 e. The molecule has 182 valence electrons. The molecule has 0 N–H and O–H groups in total. The first-order chi connectivity index (χ1) is 16.5. The van der Waals surface area contributed by atoms with Crippen LogP contribution in [0.25, 0.3) is 0 Å². The minimum atomic E-state index is -0.423. The van der Waals surface area contributed by atoms with Gasteiger partial charge in [0.25, 0.3) is 0 Å². The Hall–Kier alpha value is -2.51. The van der Waals surface area contributed by atoms with Crippen LogP contribution in [0.15, 0.2) is 41.4 Å². The molecule has 5 rings (SSSR count). The van der Waals surface area contributed by atoms with Gasteiger partial charge in [-0.2, -0.15) is 0 Å². The third-order valence-corrected chi connectivity index (χ3v) is 7.09. The molecule has 1 unspecified atom stereocenters. The van der Waals surface area contributed by atoms with Gasteiger partial charge in [-0.1, -0.05) is 11.6 Å². The number of nitrogens with zero attached hydrogens (tertiary/aromatic N) is 3. The molecule has 2 atom stereocenters. The fourth-order valence-corrected chi connectivity index (χ4v) is 5.23. The lowest BCUT2D eigenvalue weighted by Gasteiger charge is -2.26. The van der Waals surface area contributed by atoms with Crippen molar-refractivity contribution in [1.82, 2.24) is 4.90 Å². The summed E-state index contributed by atoms with van der Waals surface area (Å²) in [5, 5.41) is 13.9. The number of benzene rings is 2. The van der Waals surface area contributed by atoms with Gasteiger partial charge in [0.1, 0.15) is 13.2 Å². The topological polar surface area (TPSA) is 60.4 Å². The zero-order valence-electron chi connectivity index (χ0n) is 19.2. The lowest BCUT2D eigenvalue weighted by molar-refractivity contribution is -0.223. The molecule has 34 heavy (non-hydrogen) atoms. The van der Waals surface area contributed by atoms with E-state index in [0.29, 0.717) is 43.5 Å². The molecule has 6 nitrogen and oxygen atoms in total. The highest BCUT2D eigenvalue weighted by Gasteiger charge is 2.25. The van der Waals surface area contributed by atoms with Crippen molar-refractivity contribution in [2.24, 2.45) is 10.9 Å². The fraction of sp³-hybridized carbons (Fsp3) is 0.500. The second-order valence-corrected chi connectivity index (χ2v) is 9.78. The second kappa shape index (κ2) is 10.4. The van der Waals surface area contributed by atoms with Gasteiger partial charge in [-0.3, -0.25) is 0 Å². The zero-order chi connectivity index (χ0) is 23.5. The van der Waals surface area contributed by atoms with E-state index in [9.17, 15) is 9.50 Å². The van der Waals surface area contributed by atoms with E-state index >= 15 is 0 Å². The van der Waals surface area contributed by atoms with Crippen LogP contribution in [0, 0.1) is 11.7 Å². The van der Waals surface area contributed by atoms with Crippen LogP contribution in [0.1, 0.15) is 24.8 Å². The summed E-state index contributed by atoms with van der Waals surface area (Å²) in [6, 6.07) is 10.8. The second-order valence-electron chi connectivity index (χ2n) is 9.34. The SMILES string of the molecule is [O-]C(=NC(Cc1cc(F)c2c(c1)OCCO2)CN1CCCC1)[C@@H]1CCN(c2ccc(Cl)cc2)C1. The summed E-state index contributed by atoms with van der Waals surface area (Å²) in [5.74, 6) is -0.00506. The Morgan fingerprint density at radius 2 is 1.88 bits per heavy atom. The quantitative estimate of drug-likeness (QED) is 0.442. The van der Waals surface area contributed by atoms with E-state index in [1.807, 2.05) is 30.3 Å². The maximum atomic E-state index is 14.6. The molecule has 0 radical (unpaired) electrons. The summed E-state index contributed by atoms with van der Waals surface area (Å²) in [6.07, 6.45) is 3.60. The molecule has 2 aromatic rings. The number of fused-ring (bicyclic) bond motifs is 1. The van der Waals surface area contributed by atoms with Crippen LogP contribution in [-0.2, 0) is 6.42 Å². The molecule has 0 bridgehead atoms. The summed E-state index contributed by atoms with van der Waals surface area (Å²) in [4.78, 5) is 9.24. The van der Waals surface area contributed by atoms with Gasteiger partial charge < -0.3 is 29.4 Å². The summed E-state index contributed by atoms with van der Waals surface area (Å²) in [7, 11) is 0. The van der Waals surface area contributed by atoms with Gasteiger partial charge in [-0.05, 0) is 86.6 Å². The van der Waals surface area contributed by atoms with Crippen LogP contribution < -0.4 is 19.5 Å². The van der Waals surface area contributed by atoms with E-state index < -0.39 is 5.82 Å².